The van der Waals surface area contributed by atoms with Crippen LogP contribution in [0.1, 0.15) is 22.6 Å². The average Bonchev–Trinajstić information content (AvgIpc) is 3.41. The molecule has 0 fully saturated rings. The van der Waals surface area contributed by atoms with Crippen LogP contribution in [-0.4, -0.2) is 26.1 Å². The SMILES string of the molecule is COc1ccc(C2=C(C#N)C(c3cccc4nsnc34)c3cn[nH]c3N2)cc1. The van der Waals surface area contributed by atoms with Gasteiger partial charge in [0.2, 0.25) is 0 Å². The van der Waals surface area contributed by atoms with E-state index in [4.69, 9.17) is 4.74 Å². The Bertz CT molecular complexity index is 1250. The highest BCUT2D eigenvalue weighted by molar-refractivity contribution is 7.00. The first-order chi connectivity index (χ1) is 13.8. The third-order valence-electron chi connectivity index (χ3n) is 4.92. The van der Waals surface area contributed by atoms with Crippen LogP contribution in [0.5, 0.6) is 5.75 Å². The fourth-order valence-corrected chi connectivity index (χ4v) is 4.15. The third kappa shape index (κ3) is 2.45. The number of hydrogen-bond acceptors (Lipinski definition) is 7. The van der Waals surface area contributed by atoms with E-state index in [9.17, 15) is 5.26 Å². The second kappa shape index (κ2) is 6.48. The molecule has 7 nitrogen and oxygen atoms in total. The van der Waals surface area contributed by atoms with Gasteiger partial charge in [0.15, 0.2) is 0 Å². The molecule has 1 aliphatic heterocycles. The first-order valence-corrected chi connectivity index (χ1v) is 9.33. The van der Waals surface area contributed by atoms with E-state index in [2.05, 4.69) is 30.3 Å². The zero-order chi connectivity index (χ0) is 19.1. The third-order valence-corrected chi connectivity index (χ3v) is 5.46. The van der Waals surface area contributed by atoms with Crippen LogP contribution in [0, 0.1) is 11.3 Å². The second-order valence-electron chi connectivity index (χ2n) is 6.37. The molecule has 0 saturated carbocycles. The Morgan fingerprint density at radius 1 is 1.11 bits per heavy atom. The van der Waals surface area contributed by atoms with Crippen molar-refractivity contribution in [2.45, 2.75) is 5.92 Å². The highest BCUT2D eigenvalue weighted by Crippen LogP contribution is 2.44. The molecule has 2 aromatic heterocycles. The van der Waals surface area contributed by atoms with Gasteiger partial charge in [0.1, 0.15) is 22.6 Å². The lowest BCUT2D eigenvalue weighted by atomic mass is 9.81. The van der Waals surface area contributed by atoms with Gasteiger partial charge in [0, 0.05) is 5.56 Å². The molecule has 2 N–H and O–H groups in total. The van der Waals surface area contributed by atoms with Crippen molar-refractivity contribution in [3.05, 3.63) is 70.9 Å². The maximum Gasteiger partial charge on any atom is 0.130 e. The highest BCUT2D eigenvalue weighted by atomic mass is 32.1. The molecule has 0 aliphatic carbocycles. The predicted molar refractivity (Wildman–Crippen MR) is 107 cm³/mol. The van der Waals surface area contributed by atoms with E-state index < -0.39 is 0 Å². The molecule has 4 aromatic rings. The molecule has 0 radical (unpaired) electrons. The van der Waals surface area contributed by atoms with E-state index in [-0.39, 0.29) is 5.92 Å². The smallest absolute Gasteiger partial charge is 0.130 e. The molecule has 136 valence electrons. The number of hydrogen-bond donors (Lipinski definition) is 2. The summed E-state index contributed by atoms with van der Waals surface area (Å²) in [5, 5.41) is 20.6. The summed E-state index contributed by atoms with van der Waals surface area (Å²) in [6.45, 7) is 0. The van der Waals surface area contributed by atoms with Gasteiger partial charge >= 0.3 is 0 Å². The Kier molecular flexibility index (Phi) is 3.81. The van der Waals surface area contributed by atoms with E-state index in [1.54, 1.807) is 13.3 Å². The highest BCUT2D eigenvalue weighted by Gasteiger charge is 2.33. The lowest BCUT2D eigenvalue weighted by molar-refractivity contribution is 0.415. The Balaban J connectivity index is 1.75. The van der Waals surface area contributed by atoms with E-state index in [0.29, 0.717) is 5.57 Å². The standard InChI is InChI=1S/C20H14N6OS/c1-27-12-7-5-11(6-8-12)18-14(9-21)17(15-10-22-24-20(15)23-18)13-3-2-4-16-19(13)26-28-25-16/h2-8,10,17H,1H3,(H2,22,23,24). The van der Waals surface area contributed by atoms with Crippen LogP contribution < -0.4 is 10.1 Å². The molecule has 2 aromatic carbocycles. The minimum atomic E-state index is -0.287. The van der Waals surface area contributed by atoms with E-state index in [1.807, 2.05) is 42.5 Å². The topological polar surface area (TPSA) is 99.5 Å². The molecule has 5 rings (SSSR count). The van der Waals surface area contributed by atoms with Crippen molar-refractivity contribution in [3.63, 3.8) is 0 Å². The van der Waals surface area contributed by atoms with Gasteiger partial charge in [-0.25, -0.2) is 0 Å². The molecule has 28 heavy (non-hydrogen) atoms. The molecule has 0 saturated heterocycles. The van der Waals surface area contributed by atoms with E-state index in [0.717, 1.165) is 45.0 Å². The van der Waals surface area contributed by atoms with Crippen LogP contribution in [0.2, 0.25) is 0 Å². The van der Waals surface area contributed by atoms with Crippen LogP contribution in [0.15, 0.2) is 54.2 Å². The number of rotatable bonds is 3. The van der Waals surface area contributed by atoms with Gasteiger partial charge in [-0.3, -0.25) is 5.10 Å². The summed E-state index contributed by atoms with van der Waals surface area (Å²) in [6.07, 6.45) is 1.76. The van der Waals surface area contributed by atoms with Crippen LogP contribution in [0.3, 0.4) is 0 Å². The summed E-state index contributed by atoms with van der Waals surface area (Å²) in [5.74, 6) is 1.25. The largest absolute Gasteiger partial charge is 0.497 e. The minimum Gasteiger partial charge on any atom is -0.497 e. The predicted octanol–water partition coefficient (Wildman–Crippen LogP) is 3.92. The number of ether oxygens (including phenoxy) is 1. The number of anilines is 1. The average molecular weight is 386 g/mol. The van der Waals surface area contributed by atoms with E-state index in [1.165, 1.54) is 11.7 Å². The van der Waals surface area contributed by atoms with Crippen molar-refractivity contribution < 1.29 is 4.74 Å². The number of allylic oxidation sites excluding steroid dienone is 1. The zero-order valence-electron chi connectivity index (χ0n) is 14.8. The van der Waals surface area contributed by atoms with Crippen molar-refractivity contribution in [2.24, 2.45) is 0 Å². The maximum atomic E-state index is 10.1. The molecule has 0 bridgehead atoms. The van der Waals surface area contributed by atoms with Gasteiger partial charge in [0.05, 0.1) is 48.3 Å². The summed E-state index contributed by atoms with van der Waals surface area (Å²) < 4.78 is 14.1. The molecule has 0 spiro atoms. The van der Waals surface area contributed by atoms with Crippen LogP contribution in [0.4, 0.5) is 5.82 Å². The summed E-state index contributed by atoms with van der Waals surface area (Å²) in [5.41, 5.74) is 5.74. The van der Waals surface area contributed by atoms with Crippen molar-refractivity contribution in [1.29, 1.82) is 5.26 Å². The summed E-state index contributed by atoms with van der Waals surface area (Å²) in [6, 6.07) is 15.9. The van der Waals surface area contributed by atoms with Gasteiger partial charge in [0.25, 0.3) is 0 Å². The number of H-pyrrole nitrogens is 1. The van der Waals surface area contributed by atoms with Gasteiger partial charge in [-0.2, -0.15) is 19.1 Å². The summed E-state index contributed by atoms with van der Waals surface area (Å²) in [4.78, 5) is 0. The quantitative estimate of drug-likeness (QED) is 0.554. The monoisotopic (exact) mass is 386 g/mol. The minimum absolute atomic E-state index is 0.287. The molecule has 3 heterocycles. The zero-order valence-corrected chi connectivity index (χ0v) is 15.6. The molecular formula is C20H14N6OS. The van der Waals surface area contributed by atoms with Crippen molar-refractivity contribution in [3.8, 4) is 11.8 Å². The van der Waals surface area contributed by atoms with Gasteiger partial charge in [-0.1, -0.05) is 12.1 Å². The van der Waals surface area contributed by atoms with Gasteiger partial charge < -0.3 is 10.1 Å². The Morgan fingerprint density at radius 2 is 1.96 bits per heavy atom. The van der Waals surface area contributed by atoms with Crippen LogP contribution in [-0.2, 0) is 0 Å². The first-order valence-electron chi connectivity index (χ1n) is 8.60. The molecule has 0 amide bonds. The van der Waals surface area contributed by atoms with Gasteiger partial charge in [-0.15, -0.1) is 0 Å². The fraction of sp³-hybridized carbons (Fsp3) is 0.100. The molecule has 1 atom stereocenters. The number of methoxy groups -OCH3 is 1. The second-order valence-corrected chi connectivity index (χ2v) is 6.89. The number of aromatic amines is 1. The number of benzene rings is 2. The van der Waals surface area contributed by atoms with Crippen molar-refractivity contribution in [1.82, 2.24) is 18.9 Å². The number of nitrogens with one attached hydrogen (secondary N) is 2. The van der Waals surface area contributed by atoms with Crippen LogP contribution in [0.25, 0.3) is 16.7 Å². The van der Waals surface area contributed by atoms with Crippen LogP contribution >= 0.6 is 11.7 Å². The summed E-state index contributed by atoms with van der Waals surface area (Å²) >= 11 is 1.17. The normalized spacial score (nSPS) is 15.8. The summed E-state index contributed by atoms with van der Waals surface area (Å²) in [7, 11) is 1.63. The lowest BCUT2D eigenvalue weighted by Gasteiger charge is -2.26. The lowest BCUT2D eigenvalue weighted by Crippen LogP contribution is -2.17. The molecule has 8 heteroatoms. The molecule has 1 unspecified atom stereocenters. The number of fused-ring (bicyclic) bond motifs is 2. The maximum absolute atomic E-state index is 10.1. The first kappa shape index (κ1) is 16.5. The van der Waals surface area contributed by atoms with Crippen molar-refractivity contribution >= 4 is 34.3 Å². The fourth-order valence-electron chi connectivity index (χ4n) is 3.60. The number of nitriles is 1. The van der Waals surface area contributed by atoms with Gasteiger partial charge in [-0.05, 0) is 41.5 Å². The number of aromatic nitrogens is 4. The Hall–Kier alpha value is -3.70. The Morgan fingerprint density at radius 3 is 2.75 bits per heavy atom. The molecular weight excluding hydrogens is 372 g/mol. The van der Waals surface area contributed by atoms with E-state index >= 15 is 0 Å². The Labute approximate surface area is 164 Å². The van der Waals surface area contributed by atoms with Crippen molar-refractivity contribution in [2.75, 3.05) is 12.4 Å². The number of nitrogens with zero attached hydrogens (tertiary/aromatic N) is 4. The molecule has 1 aliphatic rings.